The normalized spacial score (nSPS) is 31.6. The zero-order valence-corrected chi connectivity index (χ0v) is 13.2. The lowest BCUT2D eigenvalue weighted by molar-refractivity contribution is -0.0330. The lowest BCUT2D eigenvalue weighted by Gasteiger charge is -2.37. The van der Waals surface area contributed by atoms with Crippen molar-refractivity contribution in [1.29, 1.82) is 0 Å². The third-order valence-electron chi connectivity index (χ3n) is 4.72. The number of hydrogen-bond acceptors (Lipinski definition) is 2. The van der Waals surface area contributed by atoms with E-state index in [9.17, 15) is 5.11 Å². The van der Waals surface area contributed by atoms with Crippen molar-refractivity contribution in [3.63, 3.8) is 0 Å². The van der Waals surface area contributed by atoms with Crippen LogP contribution >= 0.6 is 15.9 Å². The number of hydrogen-bond donors (Lipinski definition) is 1. The van der Waals surface area contributed by atoms with Crippen LogP contribution < -0.4 is 0 Å². The van der Waals surface area contributed by atoms with Crippen LogP contribution in [0.15, 0.2) is 10.7 Å². The number of halogens is 1. The summed E-state index contributed by atoms with van der Waals surface area (Å²) in [5, 5.41) is 15.6. The van der Waals surface area contributed by atoms with Crippen molar-refractivity contribution in [3.05, 3.63) is 16.4 Å². The van der Waals surface area contributed by atoms with E-state index in [4.69, 9.17) is 0 Å². The first kappa shape index (κ1) is 13.6. The highest BCUT2D eigenvalue weighted by atomic mass is 79.9. The van der Waals surface area contributed by atoms with Crippen LogP contribution in [0.25, 0.3) is 0 Å². The van der Waals surface area contributed by atoms with Gasteiger partial charge < -0.3 is 5.11 Å². The Labute approximate surface area is 123 Å². The zero-order valence-electron chi connectivity index (χ0n) is 11.6. The predicted molar refractivity (Wildman–Crippen MR) is 78.8 cm³/mol. The maximum absolute atomic E-state index is 11.2. The fraction of sp³-hybridized carbons (Fsp3) is 0.800. The summed E-state index contributed by atoms with van der Waals surface area (Å²) >= 11 is 3.59. The van der Waals surface area contributed by atoms with Gasteiger partial charge in [0.2, 0.25) is 0 Å². The Hall–Kier alpha value is -0.350. The number of aromatic nitrogens is 2. The van der Waals surface area contributed by atoms with Gasteiger partial charge in [0.1, 0.15) is 5.60 Å². The molecule has 1 aromatic heterocycles. The quantitative estimate of drug-likeness (QED) is 0.912. The van der Waals surface area contributed by atoms with Gasteiger partial charge in [0.25, 0.3) is 0 Å². The van der Waals surface area contributed by atoms with E-state index >= 15 is 0 Å². The number of rotatable bonds is 4. The Kier molecular flexibility index (Phi) is 3.73. The maximum atomic E-state index is 11.2. The average molecular weight is 327 g/mol. The highest BCUT2D eigenvalue weighted by Gasteiger charge is 2.44. The Morgan fingerprint density at radius 1 is 1.42 bits per heavy atom. The summed E-state index contributed by atoms with van der Waals surface area (Å²) in [5.74, 6) is 1.60. The van der Waals surface area contributed by atoms with E-state index in [-0.39, 0.29) is 0 Å². The van der Waals surface area contributed by atoms with E-state index in [0.29, 0.717) is 0 Å². The number of aryl methyl sites for hydroxylation is 1. The molecule has 2 saturated carbocycles. The third-order valence-corrected chi connectivity index (χ3v) is 5.31. The van der Waals surface area contributed by atoms with Crippen LogP contribution in [0.4, 0.5) is 0 Å². The number of aliphatic hydroxyl groups is 1. The van der Waals surface area contributed by atoms with Crippen molar-refractivity contribution in [2.24, 2.45) is 11.8 Å². The minimum atomic E-state index is -0.671. The summed E-state index contributed by atoms with van der Waals surface area (Å²) in [4.78, 5) is 0. The number of nitrogens with zero attached hydrogens (tertiary/aromatic N) is 2. The van der Waals surface area contributed by atoms with Crippen LogP contribution in [-0.2, 0) is 12.1 Å². The smallest absolute Gasteiger partial charge is 0.108 e. The van der Waals surface area contributed by atoms with Crippen LogP contribution in [-0.4, -0.2) is 14.9 Å². The Bertz CT molecular complexity index is 455. The molecule has 4 heteroatoms. The van der Waals surface area contributed by atoms with Crippen LogP contribution in [0.3, 0.4) is 0 Å². The second kappa shape index (κ2) is 5.21. The van der Waals surface area contributed by atoms with E-state index in [1.54, 1.807) is 0 Å². The van der Waals surface area contributed by atoms with Gasteiger partial charge in [0.05, 0.1) is 16.4 Å². The molecule has 0 aromatic carbocycles. The van der Waals surface area contributed by atoms with E-state index < -0.39 is 5.60 Å². The fourth-order valence-electron chi connectivity index (χ4n) is 3.69. The summed E-state index contributed by atoms with van der Waals surface area (Å²) in [6, 6.07) is 0. The molecular formula is C15H23BrN2O. The lowest BCUT2D eigenvalue weighted by atomic mass is 9.74. The van der Waals surface area contributed by atoms with E-state index in [1.807, 2.05) is 10.9 Å². The van der Waals surface area contributed by atoms with E-state index in [2.05, 4.69) is 28.0 Å². The van der Waals surface area contributed by atoms with Gasteiger partial charge in [0.15, 0.2) is 0 Å². The highest BCUT2D eigenvalue weighted by Crippen LogP contribution is 2.50. The van der Waals surface area contributed by atoms with Crippen molar-refractivity contribution in [2.45, 2.75) is 64.0 Å². The van der Waals surface area contributed by atoms with Crippen molar-refractivity contribution < 1.29 is 5.11 Å². The summed E-state index contributed by atoms with van der Waals surface area (Å²) < 4.78 is 2.97. The van der Waals surface area contributed by atoms with Gasteiger partial charge >= 0.3 is 0 Å². The molecule has 0 bridgehead atoms. The molecule has 0 saturated heterocycles. The van der Waals surface area contributed by atoms with Crippen LogP contribution in [0.1, 0.15) is 57.6 Å². The molecule has 2 fully saturated rings. The third kappa shape index (κ3) is 2.62. The van der Waals surface area contributed by atoms with Crippen LogP contribution in [0, 0.1) is 11.8 Å². The molecule has 0 amide bonds. The lowest BCUT2D eigenvalue weighted by Crippen LogP contribution is -2.36. The Morgan fingerprint density at radius 3 is 2.89 bits per heavy atom. The molecule has 1 heterocycles. The molecule has 106 valence electrons. The summed E-state index contributed by atoms with van der Waals surface area (Å²) in [6.45, 7) is 3.04. The first-order chi connectivity index (χ1) is 9.14. The summed E-state index contributed by atoms with van der Waals surface area (Å²) in [7, 11) is 0. The average Bonchev–Trinajstić information content (AvgIpc) is 3.15. The van der Waals surface area contributed by atoms with Crippen LogP contribution in [0.5, 0.6) is 0 Å². The van der Waals surface area contributed by atoms with Crippen molar-refractivity contribution >= 4 is 15.9 Å². The predicted octanol–water partition coefficient (Wildman–Crippen LogP) is 3.84. The highest BCUT2D eigenvalue weighted by molar-refractivity contribution is 9.10. The molecule has 0 aliphatic heterocycles. The van der Waals surface area contributed by atoms with Gasteiger partial charge in [0, 0.05) is 6.54 Å². The molecular weight excluding hydrogens is 304 g/mol. The molecule has 0 radical (unpaired) electrons. The van der Waals surface area contributed by atoms with Gasteiger partial charge in [-0.3, -0.25) is 4.68 Å². The van der Waals surface area contributed by atoms with E-state index in [0.717, 1.165) is 54.2 Å². The van der Waals surface area contributed by atoms with Gasteiger partial charge in [-0.25, -0.2) is 0 Å². The van der Waals surface area contributed by atoms with Gasteiger partial charge in [-0.2, -0.15) is 5.10 Å². The van der Waals surface area contributed by atoms with Crippen molar-refractivity contribution in [2.75, 3.05) is 0 Å². The summed E-state index contributed by atoms with van der Waals surface area (Å²) in [6.07, 6.45) is 9.86. The van der Waals surface area contributed by atoms with Crippen LogP contribution in [0.2, 0.25) is 0 Å². The molecule has 2 aliphatic rings. The first-order valence-corrected chi connectivity index (χ1v) is 8.37. The largest absolute Gasteiger partial charge is 0.384 e. The molecule has 3 rings (SSSR count). The first-order valence-electron chi connectivity index (χ1n) is 7.58. The minimum Gasteiger partial charge on any atom is -0.384 e. The Balaban J connectivity index is 1.87. The second-order valence-electron chi connectivity index (χ2n) is 6.29. The van der Waals surface area contributed by atoms with Gasteiger partial charge in [-0.05, 0) is 72.7 Å². The molecule has 2 atom stereocenters. The van der Waals surface area contributed by atoms with Crippen molar-refractivity contribution in [1.82, 2.24) is 9.78 Å². The molecule has 1 N–H and O–H groups in total. The summed E-state index contributed by atoms with van der Waals surface area (Å²) in [5.41, 5.74) is 0.343. The molecule has 0 spiro atoms. The fourth-order valence-corrected chi connectivity index (χ4v) is 4.35. The molecule has 3 nitrogen and oxygen atoms in total. The minimum absolute atomic E-state index is 0.671. The molecule has 2 aliphatic carbocycles. The van der Waals surface area contributed by atoms with Crippen molar-refractivity contribution in [3.8, 4) is 0 Å². The van der Waals surface area contributed by atoms with E-state index in [1.165, 1.54) is 19.3 Å². The molecule has 19 heavy (non-hydrogen) atoms. The van der Waals surface area contributed by atoms with Gasteiger partial charge in [-0.15, -0.1) is 0 Å². The molecule has 2 unspecified atom stereocenters. The zero-order chi connectivity index (χ0) is 13.5. The SMILES string of the molecule is CCCn1ncc(Br)c1C1(O)CCCC(C2CC2)C1. The maximum Gasteiger partial charge on any atom is 0.108 e. The second-order valence-corrected chi connectivity index (χ2v) is 7.14. The van der Waals surface area contributed by atoms with Gasteiger partial charge in [-0.1, -0.05) is 6.92 Å². The topological polar surface area (TPSA) is 38.0 Å². The monoisotopic (exact) mass is 326 g/mol. The Morgan fingerprint density at radius 2 is 2.21 bits per heavy atom. The standard InChI is InChI=1S/C15H23BrN2O/c1-2-8-18-14(13(16)10-17-18)15(19)7-3-4-12(9-15)11-5-6-11/h10-12,19H,2-9H2,1H3. The molecule has 1 aromatic rings.